The number of rotatable bonds is 2. The molecule has 0 aliphatic carbocycles. The maximum atomic E-state index is 12.4. The normalized spacial score (nSPS) is 24.1. The van der Waals surface area contributed by atoms with Crippen molar-refractivity contribution in [2.75, 3.05) is 13.1 Å². The first-order chi connectivity index (χ1) is 8.60. The highest BCUT2D eigenvalue weighted by atomic mass is 16.5. The quantitative estimate of drug-likeness (QED) is 0.803. The van der Waals surface area contributed by atoms with Gasteiger partial charge in [-0.15, -0.1) is 0 Å². The molecule has 3 heteroatoms. The molecule has 1 fully saturated rings. The van der Waals surface area contributed by atoms with Gasteiger partial charge in [0.05, 0.1) is 12.2 Å². The van der Waals surface area contributed by atoms with E-state index < -0.39 is 0 Å². The topological polar surface area (TPSA) is 29.5 Å². The van der Waals surface area contributed by atoms with Gasteiger partial charge in [0.1, 0.15) is 0 Å². The van der Waals surface area contributed by atoms with Crippen molar-refractivity contribution < 1.29 is 9.53 Å². The van der Waals surface area contributed by atoms with Crippen LogP contribution in [0.25, 0.3) is 0 Å². The number of benzene rings is 1. The third-order valence-corrected chi connectivity index (χ3v) is 3.29. The fraction of sp³-hybridized carbons (Fsp3) is 0.533. The Morgan fingerprint density at radius 2 is 2.00 bits per heavy atom. The van der Waals surface area contributed by atoms with Crippen molar-refractivity contribution in [2.45, 2.75) is 39.4 Å². The summed E-state index contributed by atoms with van der Waals surface area (Å²) in [5, 5.41) is 0. The van der Waals surface area contributed by atoms with Gasteiger partial charge < -0.3 is 9.64 Å². The Kier molecular flexibility index (Phi) is 4.02. The van der Waals surface area contributed by atoms with Crippen molar-refractivity contribution in [1.82, 2.24) is 4.90 Å². The van der Waals surface area contributed by atoms with Crippen LogP contribution in [0.1, 0.15) is 36.7 Å². The van der Waals surface area contributed by atoms with Crippen molar-refractivity contribution >= 4 is 5.91 Å². The molecule has 18 heavy (non-hydrogen) atoms. The molecule has 1 aliphatic rings. The molecule has 0 bridgehead atoms. The predicted molar refractivity (Wildman–Crippen MR) is 71.7 cm³/mol. The molecule has 2 atom stereocenters. The summed E-state index contributed by atoms with van der Waals surface area (Å²) in [6.45, 7) is 7.48. The molecule has 1 amide bonds. The molecule has 0 radical (unpaired) electrons. The summed E-state index contributed by atoms with van der Waals surface area (Å²) < 4.78 is 5.65. The van der Waals surface area contributed by atoms with E-state index in [1.165, 1.54) is 5.56 Å². The minimum Gasteiger partial charge on any atom is -0.372 e. The van der Waals surface area contributed by atoms with Crippen LogP contribution in [0, 0.1) is 0 Å². The Morgan fingerprint density at radius 3 is 2.61 bits per heavy atom. The van der Waals surface area contributed by atoms with E-state index >= 15 is 0 Å². The molecule has 1 aliphatic heterocycles. The maximum absolute atomic E-state index is 12.4. The lowest BCUT2D eigenvalue weighted by atomic mass is 10.1. The molecule has 1 aromatic rings. The van der Waals surface area contributed by atoms with Crippen molar-refractivity contribution in [3.8, 4) is 0 Å². The second-order valence-corrected chi connectivity index (χ2v) is 5.02. The van der Waals surface area contributed by atoms with E-state index in [1.54, 1.807) is 0 Å². The van der Waals surface area contributed by atoms with E-state index in [0.29, 0.717) is 13.1 Å². The summed E-state index contributed by atoms with van der Waals surface area (Å²) in [7, 11) is 0. The highest BCUT2D eigenvalue weighted by Gasteiger charge is 2.26. The molecule has 0 N–H and O–H groups in total. The SMILES string of the molecule is CCc1cccc(C(=O)N2C[C@@H](C)O[C@@H](C)C2)c1. The molecule has 3 nitrogen and oxygen atoms in total. The molecule has 1 saturated heterocycles. The van der Waals surface area contributed by atoms with Gasteiger partial charge in [-0.2, -0.15) is 0 Å². The summed E-state index contributed by atoms with van der Waals surface area (Å²) in [6.07, 6.45) is 1.19. The van der Waals surface area contributed by atoms with Gasteiger partial charge in [-0.05, 0) is 38.0 Å². The molecule has 0 spiro atoms. The van der Waals surface area contributed by atoms with Gasteiger partial charge in [-0.3, -0.25) is 4.79 Å². The average molecular weight is 247 g/mol. The lowest BCUT2D eigenvalue weighted by Gasteiger charge is -2.35. The van der Waals surface area contributed by atoms with Crippen LogP contribution in [0.4, 0.5) is 0 Å². The van der Waals surface area contributed by atoms with Crippen LogP contribution in [0.2, 0.25) is 0 Å². The third-order valence-electron chi connectivity index (χ3n) is 3.29. The van der Waals surface area contributed by atoms with Crippen molar-refractivity contribution in [3.63, 3.8) is 0 Å². The molecule has 0 saturated carbocycles. The molecule has 0 aromatic heterocycles. The zero-order valence-corrected chi connectivity index (χ0v) is 11.3. The van der Waals surface area contributed by atoms with Gasteiger partial charge in [0.2, 0.25) is 0 Å². The first kappa shape index (κ1) is 13.1. The van der Waals surface area contributed by atoms with Crippen LogP contribution >= 0.6 is 0 Å². The Balaban J connectivity index is 2.14. The fourth-order valence-corrected chi connectivity index (χ4v) is 2.45. The number of amides is 1. The van der Waals surface area contributed by atoms with Crippen molar-refractivity contribution in [1.29, 1.82) is 0 Å². The highest BCUT2D eigenvalue weighted by molar-refractivity contribution is 5.94. The summed E-state index contributed by atoms with van der Waals surface area (Å²) in [6, 6.07) is 7.90. The standard InChI is InChI=1S/C15H21NO2/c1-4-13-6-5-7-14(8-13)15(17)16-9-11(2)18-12(3)10-16/h5-8,11-12H,4,9-10H2,1-3H3/t11-,12+. The van der Waals surface area contributed by atoms with Gasteiger partial charge in [0.25, 0.3) is 5.91 Å². The van der Waals surface area contributed by atoms with Crippen molar-refractivity contribution in [3.05, 3.63) is 35.4 Å². The Morgan fingerprint density at radius 1 is 1.33 bits per heavy atom. The second kappa shape index (κ2) is 5.53. The predicted octanol–water partition coefficient (Wildman–Crippen LogP) is 2.50. The van der Waals surface area contributed by atoms with Crippen LogP contribution in [0.15, 0.2) is 24.3 Å². The molecule has 2 rings (SSSR count). The van der Waals surface area contributed by atoms with Gasteiger partial charge in [-0.1, -0.05) is 19.1 Å². The van der Waals surface area contributed by atoms with Gasteiger partial charge >= 0.3 is 0 Å². The van der Waals surface area contributed by atoms with E-state index in [0.717, 1.165) is 12.0 Å². The molecule has 1 heterocycles. The van der Waals surface area contributed by atoms with Gasteiger partial charge in [0, 0.05) is 18.7 Å². The number of ether oxygens (including phenoxy) is 1. The zero-order chi connectivity index (χ0) is 13.1. The van der Waals surface area contributed by atoms with E-state index in [2.05, 4.69) is 13.0 Å². The number of morpholine rings is 1. The number of carbonyl (C=O) groups is 1. The van der Waals surface area contributed by atoms with Crippen LogP contribution in [-0.4, -0.2) is 36.1 Å². The van der Waals surface area contributed by atoms with E-state index in [9.17, 15) is 4.79 Å². The first-order valence-corrected chi connectivity index (χ1v) is 6.63. The Hall–Kier alpha value is -1.35. The monoisotopic (exact) mass is 247 g/mol. The minimum atomic E-state index is 0.118. The molecule has 1 aromatic carbocycles. The number of carbonyl (C=O) groups excluding carboxylic acids is 1. The minimum absolute atomic E-state index is 0.118. The zero-order valence-electron chi connectivity index (χ0n) is 11.3. The van der Waals surface area contributed by atoms with Gasteiger partial charge in [0.15, 0.2) is 0 Å². The smallest absolute Gasteiger partial charge is 0.254 e. The molecular formula is C15H21NO2. The fourth-order valence-electron chi connectivity index (χ4n) is 2.45. The van der Waals surface area contributed by atoms with Crippen LogP contribution in [-0.2, 0) is 11.2 Å². The molecule has 98 valence electrons. The summed E-state index contributed by atoms with van der Waals surface area (Å²) in [5.74, 6) is 0.118. The van der Waals surface area contributed by atoms with E-state index in [1.807, 2.05) is 36.9 Å². The van der Waals surface area contributed by atoms with E-state index in [-0.39, 0.29) is 18.1 Å². The van der Waals surface area contributed by atoms with Crippen LogP contribution in [0.5, 0.6) is 0 Å². The average Bonchev–Trinajstić information content (AvgIpc) is 2.37. The maximum Gasteiger partial charge on any atom is 0.254 e. The first-order valence-electron chi connectivity index (χ1n) is 6.63. The summed E-state index contributed by atoms with van der Waals surface area (Å²) in [5.41, 5.74) is 1.99. The highest BCUT2D eigenvalue weighted by Crippen LogP contribution is 2.15. The van der Waals surface area contributed by atoms with Crippen LogP contribution in [0.3, 0.4) is 0 Å². The Labute approximate surface area is 109 Å². The largest absolute Gasteiger partial charge is 0.372 e. The molecule has 0 unspecified atom stereocenters. The lowest BCUT2D eigenvalue weighted by Crippen LogP contribution is -2.48. The number of aryl methyl sites for hydroxylation is 1. The summed E-state index contributed by atoms with van der Waals surface area (Å²) >= 11 is 0. The third kappa shape index (κ3) is 2.91. The lowest BCUT2D eigenvalue weighted by molar-refractivity contribution is -0.0586. The number of hydrogen-bond acceptors (Lipinski definition) is 2. The number of nitrogens with zero attached hydrogens (tertiary/aromatic N) is 1. The van der Waals surface area contributed by atoms with Gasteiger partial charge in [-0.25, -0.2) is 0 Å². The summed E-state index contributed by atoms with van der Waals surface area (Å²) in [4.78, 5) is 14.3. The van der Waals surface area contributed by atoms with Crippen molar-refractivity contribution in [2.24, 2.45) is 0 Å². The van der Waals surface area contributed by atoms with Crippen LogP contribution < -0.4 is 0 Å². The number of hydrogen-bond donors (Lipinski definition) is 0. The molecular weight excluding hydrogens is 226 g/mol. The Bertz CT molecular complexity index is 420. The second-order valence-electron chi connectivity index (χ2n) is 5.02. The van der Waals surface area contributed by atoms with E-state index in [4.69, 9.17) is 4.74 Å².